The SMILES string of the molecule is CCC(C)c1cccc(C(=O)N(C)O)c1. The molecule has 3 heteroatoms. The third-order valence-corrected chi connectivity index (χ3v) is 2.61. The predicted octanol–water partition coefficient (Wildman–Crippen LogP) is 2.66. The van der Waals surface area contributed by atoms with Crippen molar-refractivity contribution in [3.63, 3.8) is 0 Å². The van der Waals surface area contributed by atoms with Crippen molar-refractivity contribution in [3.8, 4) is 0 Å². The summed E-state index contributed by atoms with van der Waals surface area (Å²) in [6.45, 7) is 4.23. The summed E-state index contributed by atoms with van der Waals surface area (Å²) >= 11 is 0. The van der Waals surface area contributed by atoms with Crippen LogP contribution in [0.15, 0.2) is 24.3 Å². The fraction of sp³-hybridized carbons (Fsp3) is 0.417. The minimum Gasteiger partial charge on any atom is -0.286 e. The van der Waals surface area contributed by atoms with Gasteiger partial charge in [-0.2, -0.15) is 0 Å². The molecule has 1 rings (SSSR count). The lowest BCUT2D eigenvalue weighted by Gasteiger charge is -2.12. The van der Waals surface area contributed by atoms with Gasteiger partial charge in [0.25, 0.3) is 5.91 Å². The summed E-state index contributed by atoms with van der Waals surface area (Å²) in [5.74, 6) is 0.0573. The van der Waals surface area contributed by atoms with E-state index in [1.165, 1.54) is 7.05 Å². The van der Waals surface area contributed by atoms with Gasteiger partial charge in [0, 0.05) is 12.6 Å². The van der Waals surface area contributed by atoms with Gasteiger partial charge in [-0.1, -0.05) is 26.0 Å². The zero-order chi connectivity index (χ0) is 11.4. The Hall–Kier alpha value is -1.35. The number of rotatable bonds is 3. The first-order chi connectivity index (χ1) is 7.06. The first-order valence-corrected chi connectivity index (χ1v) is 5.13. The largest absolute Gasteiger partial charge is 0.286 e. The molecule has 15 heavy (non-hydrogen) atoms. The van der Waals surface area contributed by atoms with Gasteiger partial charge >= 0.3 is 0 Å². The first-order valence-electron chi connectivity index (χ1n) is 5.13. The summed E-state index contributed by atoms with van der Waals surface area (Å²) in [4.78, 5) is 11.5. The van der Waals surface area contributed by atoms with Gasteiger partial charge in [0.2, 0.25) is 0 Å². The van der Waals surface area contributed by atoms with E-state index in [1.54, 1.807) is 6.07 Å². The highest BCUT2D eigenvalue weighted by Gasteiger charge is 2.11. The third kappa shape index (κ3) is 2.80. The molecule has 0 radical (unpaired) electrons. The Bertz CT molecular complexity index is 347. The average Bonchev–Trinajstić information content (AvgIpc) is 2.27. The van der Waals surface area contributed by atoms with Gasteiger partial charge in [-0.3, -0.25) is 10.0 Å². The molecule has 1 aromatic rings. The summed E-state index contributed by atoms with van der Waals surface area (Å²) < 4.78 is 0. The number of hydrogen-bond donors (Lipinski definition) is 1. The third-order valence-electron chi connectivity index (χ3n) is 2.61. The highest BCUT2D eigenvalue weighted by Crippen LogP contribution is 2.19. The van der Waals surface area contributed by atoms with Crippen molar-refractivity contribution in [2.45, 2.75) is 26.2 Å². The van der Waals surface area contributed by atoms with Crippen molar-refractivity contribution in [2.24, 2.45) is 0 Å². The Balaban J connectivity index is 2.97. The first kappa shape index (κ1) is 11.7. The monoisotopic (exact) mass is 207 g/mol. The van der Waals surface area contributed by atoms with E-state index in [1.807, 2.05) is 18.2 Å². The number of amides is 1. The molecule has 82 valence electrons. The fourth-order valence-electron chi connectivity index (χ4n) is 1.40. The number of nitrogens with zero attached hydrogens (tertiary/aromatic N) is 1. The van der Waals surface area contributed by atoms with Crippen LogP contribution in [-0.4, -0.2) is 23.2 Å². The molecule has 0 fully saturated rings. The maximum atomic E-state index is 11.5. The number of hydroxylamine groups is 2. The lowest BCUT2D eigenvalue weighted by Crippen LogP contribution is -2.22. The Morgan fingerprint density at radius 2 is 2.20 bits per heavy atom. The predicted molar refractivity (Wildman–Crippen MR) is 59.0 cm³/mol. The summed E-state index contributed by atoms with van der Waals surface area (Å²) in [6, 6.07) is 7.39. The standard InChI is InChI=1S/C12H17NO2/c1-4-9(2)10-6-5-7-11(8-10)12(14)13(3)15/h5-9,15H,4H2,1-3H3. The second-order valence-corrected chi connectivity index (χ2v) is 3.76. The Morgan fingerprint density at radius 3 is 2.73 bits per heavy atom. The van der Waals surface area contributed by atoms with Crippen LogP contribution in [0.1, 0.15) is 42.1 Å². The fourth-order valence-corrected chi connectivity index (χ4v) is 1.40. The number of carbonyl (C=O) groups excluding carboxylic acids is 1. The Labute approximate surface area is 90.3 Å². The van der Waals surface area contributed by atoms with Gasteiger partial charge in [0.1, 0.15) is 0 Å². The normalized spacial score (nSPS) is 12.3. The topological polar surface area (TPSA) is 40.5 Å². The molecule has 0 bridgehead atoms. The van der Waals surface area contributed by atoms with Crippen LogP contribution in [-0.2, 0) is 0 Å². The van der Waals surface area contributed by atoms with Crippen LogP contribution in [0.25, 0.3) is 0 Å². The number of benzene rings is 1. The van der Waals surface area contributed by atoms with E-state index in [0.29, 0.717) is 16.5 Å². The van der Waals surface area contributed by atoms with E-state index in [0.717, 1.165) is 12.0 Å². The van der Waals surface area contributed by atoms with Crippen molar-refractivity contribution in [3.05, 3.63) is 35.4 Å². The van der Waals surface area contributed by atoms with E-state index in [9.17, 15) is 4.79 Å². The molecule has 0 spiro atoms. The average molecular weight is 207 g/mol. The molecular formula is C12H17NO2. The number of hydrogen-bond acceptors (Lipinski definition) is 2. The molecule has 3 nitrogen and oxygen atoms in total. The van der Waals surface area contributed by atoms with Gasteiger partial charge in [0.05, 0.1) is 0 Å². The highest BCUT2D eigenvalue weighted by molar-refractivity contribution is 5.93. The van der Waals surface area contributed by atoms with Crippen LogP contribution in [0, 0.1) is 0 Å². The summed E-state index contributed by atoms with van der Waals surface area (Å²) in [5, 5.41) is 9.65. The van der Waals surface area contributed by atoms with Crippen LogP contribution < -0.4 is 0 Å². The van der Waals surface area contributed by atoms with Crippen LogP contribution in [0.2, 0.25) is 0 Å². The Morgan fingerprint density at radius 1 is 1.53 bits per heavy atom. The quantitative estimate of drug-likeness (QED) is 0.611. The molecule has 0 saturated carbocycles. The van der Waals surface area contributed by atoms with Crippen LogP contribution in [0.3, 0.4) is 0 Å². The van der Waals surface area contributed by atoms with Gasteiger partial charge < -0.3 is 0 Å². The highest BCUT2D eigenvalue weighted by atomic mass is 16.5. The van der Waals surface area contributed by atoms with Gasteiger partial charge in [0.15, 0.2) is 0 Å². The molecule has 0 saturated heterocycles. The van der Waals surface area contributed by atoms with Gasteiger partial charge in [-0.05, 0) is 30.0 Å². The zero-order valence-corrected chi connectivity index (χ0v) is 9.40. The van der Waals surface area contributed by atoms with E-state index >= 15 is 0 Å². The van der Waals surface area contributed by atoms with Crippen LogP contribution >= 0.6 is 0 Å². The van der Waals surface area contributed by atoms with Gasteiger partial charge in [-0.25, -0.2) is 5.06 Å². The molecule has 1 aromatic carbocycles. The van der Waals surface area contributed by atoms with Gasteiger partial charge in [-0.15, -0.1) is 0 Å². The smallest absolute Gasteiger partial charge is 0.276 e. The van der Waals surface area contributed by atoms with Crippen molar-refractivity contribution in [1.82, 2.24) is 5.06 Å². The molecule has 1 amide bonds. The summed E-state index contributed by atoms with van der Waals surface area (Å²) in [7, 11) is 1.33. The summed E-state index contributed by atoms with van der Waals surface area (Å²) in [5.41, 5.74) is 1.66. The lowest BCUT2D eigenvalue weighted by atomic mass is 9.97. The second-order valence-electron chi connectivity index (χ2n) is 3.76. The van der Waals surface area contributed by atoms with Crippen molar-refractivity contribution in [2.75, 3.05) is 7.05 Å². The summed E-state index contributed by atoms with van der Waals surface area (Å²) in [6.07, 6.45) is 1.03. The van der Waals surface area contributed by atoms with Crippen LogP contribution in [0.4, 0.5) is 0 Å². The zero-order valence-electron chi connectivity index (χ0n) is 9.40. The molecule has 1 atom stereocenters. The maximum absolute atomic E-state index is 11.5. The Kier molecular flexibility index (Phi) is 3.86. The van der Waals surface area contributed by atoms with Crippen LogP contribution in [0.5, 0.6) is 0 Å². The molecule has 0 aromatic heterocycles. The molecule has 0 aliphatic rings. The molecular weight excluding hydrogens is 190 g/mol. The lowest BCUT2D eigenvalue weighted by molar-refractivity contribution is -0.0375. The van der Waals surface area contributed by atoms with E-state index in [2.05, 4.69) is 13.8 Å². The van der Waals surface area contributed by atoms with E-state index in [4.69, 9.17) is 5.21 Å². The molecule has 0 aliphatic heterocycles. The molecule has 1 N–H and O–H groups in total. The molecule has 0 aliphatic carbocycles. The van der Waals surface area contributed by atoms with E-state index in [-0.39, 0.29) is 5.91 Å². The number of carbonyl (C=O) groups is 1. The maximum Gasteiger partial charge on any atom is 0.276 e. The van der Waals surface area contributed by atoms with Crippen molar-refractivity contribution in [1.29, 1.82) is 0 Å². The molecule has 1 unspecified atom stereocenters. The molecule has 0 heterocycles. The second kappa shape index (κ2) is 4.94. The van der Waals surface area contributed by atoms with Crippen molar-refractivity contribution < 1.29 is 10.0 Å². The minimum absolute atomic E-state index is 0.375. The minimum atomic E-state index is -0.375. The van der Waals surface area contributed by atoms with E-state index < -0.39 is 0 Å². The van der Waals surface area contributed by atoms with Crippen molar-refractivity contribution >= 4 is 5.91 Å².